The van der Waals surface area contributed by atoms with Gasteiger partial charge >= 0.3 is 0 Å². The second-order valence-electron chi connectivity index (χ2n) is 7.47. The van der Waals surface area contributed by atoms with Crippen LogP contribution in [0.1, 0.15) is 24.0 Å². The minimum absolute atomic E-state index is 0.511. The molecule has 156 valence electrons. The van der Waals surface area contributed by atoms with Crippen LogP contribution in [0.3, 0.4) is 0 Å². The van der Waals surface area contributed by atoms with Crippen molar-refractivity contribution in [2.75, 3.05) is 30.4 Å². The van der Waals surface area contributed by atoms with E-state index in [0.717, 1.165) is 52.1 Å². The molecule has 0 amide bonds. The van der Waals surface area contributed by atoms with Crippen LogP contribution in [0.5, 0.6) is 11.5 Å². The van der Waals surface area contributed by atoms with Crippen LogP contribution in [0.15, 0.2) is 66.7 Å². The van der Waals surface area contributed by atoms with Crippen molar-refractivity contribution in [1.82, 2.24) is 0 Å². The predicted molar refractivity (Wildman–Crippen MR) is 124 cm³/mol. The van der Waals surface area contributed by atoms with E-state index in [1.165, 1.54) is 12.8 Å². The molecule has 0 aromatic heterocycles. The lowest BCUT2D eigenvalue weighted by atomic mass is 10.2. The molecule has 0 atom stereocenters. The third-order valence-corrected chi connectivity index (χ3v) is 5.66. The van der Waals surface area contributed by atoms with Crippen molar-refractivity contribution in [2.45, 2.75) is 26.0 Å². The minimum atomic E-state index is 0.511. The molecular weight excluding hydrogens is 396 g/mol. The molecule has 0 unspecified atom stereocenters. The van der Waals surface area contributed by atoms with E-state index in [2.05, 4.69) is 28.4 Å². The number of nitrogens with zero attached hydrogens (tertiary/aromatic N) is 1. The van der Waals surface area contributed by atoms with Gasteiger partial charge in [0.2, 0.25) is 0 Å². The Bertz CT molecular complexity index is 972. The molecule has 1 aliphatic rings. The molecule has 5 heteroatoms. The number of halogens is 1. The van der Waals surface area contributed by atoms with E-state index in [4.69, 9.17) is 21.1 Å². The topological polar surface area (TPSA) is 33.7 Å². The summed E-state index contributed by atoms with van der Waals surface area (Å²) in [6.45, 7) is 3.36. The molecule has 1 heterocycles. The highest BCUT2D eigenvalue weighted by Crippen LogP contribution is 2.32. The average Bonchev–Trinajstić information content (AvgIpc) is 3.32. The molecule has 0 saturated carbocycles. The van der Waals surface area contributed by atoms with E-state index >= 15 is 0 Å². The number of anilines is 2. The molecule has 4 nitrogen and oxygen atoms in total. The molecular formula is C25H27ClN2O2. The first kappa shape index (κ1) is 20.4. The van der Waals surface area contributed by atoms with Gasteiger partial charge in [0, 0.05) is 25.3 Å². The Labute approximate surface area is 183 Å². The van der Waals surface area contributed by atoms with Crippen LogP contribution in [-0.4, -0.2) is 20.2 Å². The summed E-state index contributed by atoms with van der Waals surface area (Å²) in [7, 11) is 1.67. The maximum atomic E-state index is 6.53. The fourth-order valence-electron chi connectivity index (χ4n) is 3.71. The molecule has 3 aromatic rings. The van der Waals surface area contributed by atoms with Crippen LogP contribution in [0.25, 0.3) is 0 Å². The van der Waals surface area contributed by atoms with Gasteiger partial charge in [0.05, 0.1) is 17.8 Å². The number of benzene rings is 3. The Morgan fingerprint density at radius 3 is 2.43 bits per heavy atom. The lowest BCUT2D eigenvalue weighted by molar-refractivity contribution is 0.284. The largest absolute Gasteiger partial charge is 0.493 e. The first-order valence-corrected chi connectivity index (χ1v) is 10.7. The van der Waals surface area contributed by atoms with Gasteiger partial charge in [-0.15, -0.1) is 0 Å². The zero-order chi connectivity index (χ0) is 20.8. The summed E-state index contributed by atoms with van der Waals surface area (Å²) in [6, 6.07) is 22.3. The molecule has 4 rings (SSSR count). The fourth-order valence-corrected chi connectivity index (χ4v) is 4.01. The zero-order valence-electron chi connectivity index (χ0n) is 17.2. The first-order valence-electron chi connectivity index (χ1n) is 10.3. The Hall–Kier alpha value is -2.85. The van der Waals surface area contributed by atoms with Gasteiger partial charge in [-0.2, -0.15) is 0 Å². The first-order chi connectivity index (χ1) is 14.7. The zero-order valence-corrected chi connectivity index (χ0v) is 18.0. The highest BCUT2D eigenvalue weighted by atomic mass is 35.5. The molecule has 1 saturated heterocycles. The molecule has 1 aliphatic heterocycles. The second kappa shape index (κ2) is 9.77. The minimum Gasteiger partial charge on any atom is -0.493 e. The summed E-state index contributed by atoms with van der Waals surface area (Å²) < 4.78 is 11.5. The predicted octanol–water partition coefficient (Wildman–Crippen LogP) is 6.14. The Balaban J connectivity index is 1.38. The van der Waals surface area contributed by atoms with Gasteiger partial charge in [-0.25, -0.2) is 0 Å². The third-order valence-electron chi connectivity index (χ3n) is 5.36. The third kappa shape index (κ3) is 5.00. The molecule has 0 bridgehead atoms. The maximum Gasteiger partial charge on any atom is 0.161 e. The lowest BCUT2D eigenvalue weighted by Gasteiger charge is -2.20. The van der Waals surface area contributed by atoms with Crippen molar-refractivity contribution >= 4 is 23.0 Å². The molecule has 0 spiro atoms. The van der Waals surface area contributed by atoms with Gasteiger partial charge in [0.25, 0.3) is 0 Å². The molecule has 3 aromatic carbocycles. The summed E-state index contributed by atoms with van der Waals surface area (Å²) >= 11 is 6.53. The van der Waals surface area contributed by atoms with Crippen molar-refractivity contribution in [2.24, 2.45) is 0 Å². The van der Waals surface area contributed by atoms with E-state index in [0.29, 0.717) is 13.2 Å². The summed E-state index contributed by atoms with van der Waals surface area (Å²) in [5, 5.41) is 4.24. The molecule has 30 heavy (non-hydrogen) atoms. The summed E-state index contributed by atoms with van der Waals surface area (Å²) in [6.07, 6.45) is 2.48. The normalized spacial score (nSPS) is 13.3. The van der Waals surface area contributed by atoms with Crippen LogP contribution in [0.2, 0.25) is 5.02 Å². The van der Waals surface area contributed by atoms with Gasteiger partial charge in [-0.3, -0.25) is 0 Å². The lowest BCUT2D eigenvalue weighted by Crippen LogP contribution is -2.17. The van der Waals surface area contributed by atoms with Crippen molar-refractivity contribution in [3.05, 3.63) is 82.9 Å². The smallest absolute Gasteiger partial charge is 0.161 e. The summed E-state index contributed by atoms with van der Waals surface area (Å²) in [5.41, 5.74) is 4.37. The Morgan fingerprint density at radius 2 is 1.70 bits per heavy atom. The second-order valence-corrected chi connectivity index (χ2v) is 7.88. The number of nitrogens with one attached hydrogen (secondary N) is 1. The number of hydrogen-bond acceptors (Lipinski definition) is 4. The van der Waals surface area contributed by atoms with Crippen molar-refractivity contribution in [3.8, 4) is 11.5 Å². The van der Waals surface area contributed by atoms with Crippen LogP contribution in [0.4, 0.5) is 11.4 Å². The van der Waals surface area contributed by atoms with Crippen molar-refractivity contribution in [3.63, 3.8) is 0 Å². The average molecular weight is 423 g/mol. The summed E-state index contributed by atoms with van der Waals surface area (Å²) in [4.78, 5) is 2.35. The summed E-state index contributed by atoms with van der Waals surface area (Å²) in [5.74, 6) is 1.47. The molecule has 0 radical (unpaired) electrons. The van der Waals surface area contributed by atoms with Crippen LogP contribution in [0, 0.1) is 0 Å². The van der Waals surface area contributed by atoms with E-state index in [1.807, 2.05) is 48.5 Å². The monoisotopic (exact) mass is 422 g/mol. The SMILES string of the molecule is COc1cc(CNc2ccc(N3CCCC3)c(Cl)c2)ccc1OCc1ccccc1. The van der Waals surface area contributed by atoms with Crippen molar-refractivity contribution < 1.29 is 9.47 Å². The number of rotatable bonds is 8. The highest BCUT2D eigenvalue weighted by molar-refractivity contribution is 6.33. The van der Waals surface area contributed by atoms with Gasteiger partial charge in [-0.1, -0.05) is 48.0 Å². The maximum absolute atomic E-state index is 6.53. The Morgan fingerprint density at radius 1 is 0.900 bits per heavy atom. The Kier molecular flexibility index (Phi) is 6.65. The van der Waals surface area contributed by atoms with Crippen molar-refractivity contribution in [1.29, 1.82) is 0 Å². The van der Waals surface area contributed by atoms with Crippen LogP contribution >= 0.6 is 11.6 Å². The van der Waals surface area contributed by atoms with Crippen LogP contribution in [-0.2, 0) is 13.2 Å². The molecule has 1 fully saturated rings. The quantitative estimate of drug-likeness (QED) is 0.472. The van der Waals surface area contributed by atoms with E-state index in [9.17, 15) is 0 Å². The van der Waals surface area contributed by atoms with Gasteiger partial charge in [-0.05, 0) is 54.3 Å². The van der Waals surface area contributed by atoms with Gasteiger partial charge < -0.3 is 19.7 Å². The fraction of sp³-hybridized carbons (Fsp3) is 0.280. The van der Waals surface area contributed by atoms with Crippen LogP contribution < -0.4 is 19.7 Å². The highest BCUT2D eigenvalue weighted by Gasteiger charge is 2.15. The van der Waals surface area contributed by atoms with E-state index in [-0.39, 0.29) is 0 Å². The number of ether oxygens (including phenoxy) is 2. The standard InChI is InChI=1S/C25H27ClN2O2/c1-29-25-15-20(9-12-24(25)30-18-19-7-3-2-4-8-19)17-27-21-10-11-23(22(26)16-21)28-13-5-6-14-28/h2-4,7-12,15-16,27H,5-6,13-14,17-18H2,1H3. The van der Waals surface area contributed by atoms with Gasteiger partial charge in [0.1, 0.15) is 6.61 Å². The van der Waals surface area contributed by atoms with E-state index < -0.39 is 0 Å². The number of methoxy groups -OCH3 is 1. The number of hydrogen-bond donors (Lipinski definition) is 1. The molecule has 1 N–H and O–H groups in total. The van der Waals surface area contributed by atoms with E-state index in [1.54, 1.807) is 7.11 Å². The van der Waals surface area contributed by atoms with Gasteiger partial charge in [0.15, 0.2) is 11.5 Å². The molecule has 0 aliphatic carbocycles.